The number of carbonyl (C=O) groups excluding carboxylic acids is 1. The number of quaternary nitrogens is 1. The Bertz CT molecular complexity index is 782. The van der Waals surface area contributed by atoms with Gasteiger partial charge in [0.25, 0.3) is 5.91 Å². The Balaban J connectivity index is 1.34. The van der Waals surface area contributed by atoms with Crippen LogP contribution in [0.1, 0.15) is 21.5 Å². The van der Waals surface area contributed by atoms with Crippen molar-refractivity contribution in [1.29, 1.82) is 0 Å². The average molecular weight is 339 g/mol. The highest BCUT2D eigenvalue weighted by atomic mass is 16.7. The summed E-state index contributed by atoms with van der Waals surface area (Å²) in [5.74, 6) is 1.81. The van der Waals surface area contributed by atoms with E-state index in [1.54, 1.807) is 0 Å². The summed E-state index contributed by atoms with van der Waals surface area (Å²) >= 11 is 0. The van der Waals surface area contributed by atoms with Gasteiger partial charge in [0.15, 0.2) is 11.5 Å². The summed E-state index contributed by atoms with van der Waals surface area (Å²) in [6.45, 7) is 6.80. The Morgan fingerprint density at radius 3 is 2.68 bits per heavy atom. The maximum absolute atomic E-state index is 12.6. The predicted octanol–water partition coefficient (Wildman–Crippen LogP) is 1.26. The summed E-state index contributed by atoms with van der Waals surface area (Å²) in [5.41, 5.74) is 3.16. The third-order valence-electron chi connectivity index (χ3n) is 4.91. The van der Waals surface area contributed by atoms with Gasteiger partial charge in [0, 0.05) is 11.1 Å². The normalized spacial score (nSPS) is 16.9. The number of hydrogen-bond donors (Lipinski definition) is 1. The predicted molar refractivity (Wildman–Crippen MR) is 94.0 cm³/mol. The van der Waals surface area contributed by atoms with Crippen molar-refractivity contribution >= 4 is 5.91 Å². The van der Waals surface area contributed by atoms with Gasteiger partial charge in [0.1, 0.15) is 6.54 Å². The van der Waals surface area contributed by atoms with E-state index in [2.05, 4.69) is 12.1 Å². The highest BCUT2D eigenvalue weighted by Gasteiger charge is 2.25. The number of rotatable bonds is 3. The van der Waals surface area contributed by atoms with Crippen molar-refractivity contribution < 1.29 is 19.2 Å². The quantitative estimate of drug-likeness (QED) is 0.916. The molecule has 2 heterocycles. The zero-order valence-corrected chi connectivity index (χ0v) is 14.5. The Hall–Kier alpha value is -2.53. The molecule has 2 aromatic rings. The molecular weight excluding hydrogens is 316 g/mol. The molecule has 1 amide bonds. The van der Waals surface area contributed by atoms with Crippen LogP contribution in [0.3, 0.4) is 0 Å². The number of nitrogens with one attached hydrogen (secondary N) is 1. The molecule has 0 spiro atoms. The lowest BCUT2D eigenvalue weighted by atomic mass is 10.1. The van der Waals surface area contributed by atoms with Gasteiger partial charge >= 0.3 is 0 Å². The topological polar surface area (TPSA) is 43.2 Å². The van der Waals surface area contributed by atoms with Gasteiger partial charge in [-0.05, 0) is 37.3 Å². The summed E-state index contributed by atoms with van der Waals surface area (Å²) < 4.78 is 10.8. The van der Waals surface area contributed by atoms with Gasteiger partial charge in [0.05, 0.1) is 26.2 Å². The first kappa shape index (κ1) is 16.0. The summed E-state index contributed by atoms with van der Waals surface area (Å²) in [4.78, 5) is 16.1. The third-order valence-corrected chi connectivity index (χ3v) is 4.91. The van der Waals surface area contributed by atoms with Crippen LogP contribution in [0.15, 0.2) is 42.5 Å². The molecule has 1 saturated heterocycles. The molecular formula is C20H23N2O3+. The van der Waals surface area contributed by atoms with Crippen LogP contribution < -0.4 is 14.4 Å². The minimum Gasteiger partial charge on any atom is -0.454 e. The van der Waals surface area contributed by atoms with Crippen LogP contribution in [0.2, 0.25) is 0 Å². The van der Waals surface area contributed by atoms with Crippen LogP contribution >= 0.6 is 0 Å². The summed E-state index contributed by atoms with van der Waals surface area (Å²) in [5, 5.41) is 0. The molecule has 1 N–H and O–H groups in total. The van der Waals surface area contributed by atoms with Gasteiger partial charge in [-0.1, -0.05) is 17.7 Å². The van der Waals surface area contributed by atoms with E-state index in [1.165, 1.54) is 10.5 Å². The lowest BCUT2D eigenvalue weighted by Gasteiger charge is -2.32. The molecule has 5 nitrogen and oxygen atoms in total. The molecule has 2 aromatic carbocycles. The SMILES string of the molecule is Cc1cccc(C(=O)N2CC[NH+](Cc3ccc4c(c3)OCO4)CC2)c1. The Morgan fingerprint density at radius 1 is 1.08 bits per heavy atom. The maximum atomic E-state index is 12.6. The Kier molecular flexibility index (Phi) is 4.32. The highest BCUT2D eigenvalue weighted by Crippen LogP contribution is 2.32. The lowest BCUT2D eigenvalue weighted by Crippen LogP contribution is -3.13. The van der Waals surface area contributed by atoms with Gasteiger partial charge in [-0.3, -0.25) is 4.79 Å². The second-order valence-electron chi connectivity index (χ2n) is 6.78. The second kappa shape index (κ2) is 6.76. The zero-order chi connectivity index (χ0) is 17.2. The van der Waals surface area contributed by atoms with Crippen molar-refractivity contribution in [2.24, 2.45) is 0 Å². The first-order valence-corrected chi connectivity index (χ1v) is 8.77. The summed E-state index contributed by atoms with van der Waals surface area (Å²) in [6.07, 6.45) is 0. The molecule has 1 fully saturated rings. The van der Waals surface area contributed by atoms with Crippen molar-refractivity contribution in [3.05, 3.63) is 59.2 Å². The third kappa shape index (κ3) is 3.46. The van der Waals surface area contributed by atoms with Crippen LogP contribution in [0.5, 0.6) is 11.5 Å². The molecule has 0 bridgehead atoms. The number of hydrogen-bond acceptors (Lipinski definition) is 3. The van der Waals surface area contributed by atoms with E-state index >= 15 is 0 Å². The standard InChI is InChI=1S/C20H22N2O3/c1-15-3-2-4-17(11-15)20(23)22-9-7-21(8-10-22)13-16-5-6-18-19(12-16)25-14-24-18/h2-6,11-12H,7-10,13-14H2,1H3/p+1. The zero-order valence-electron chi connectivity index (χ0n) is 14.5. The largest absolute Gasteiger partial charge is 0.454 e. The number of fused-ring (bicyclic) bond motifs is 1. The molecule has 0 saturated carbocycles. The molecule has 2 aliphatic rings. The number of nitrogens with zero attached hydrogens (tertiary/aromatic N) is 1. The van der Waals surface area contributed by atoms with Gasteiger partial charge < -0.3 is 19.3 Å². The Labute approximate surface area is 147 Å². The van der Waals surface area contributed by atoms with E-state index in [-0.39, 0.29) is 5.91 Å². The summed E-state index contributed by atoms with van der Waals surface area (Å²) in [6, 6.07) is 14.0. The van der Waals surface area contributed by atoms with E-state index in [0.717, 1.165) is 55.3 Å². The Morgan fingerprint density at radius 2 is 1.88 bits per heavy atom. The number of piperazine rings is 1. The highest BCUT2D eigenvalue weighted by molar-refractivity contribution is 5.94. The van der Waals surface area contributed by atoms with Crippen LogP contribution in [-0.2, 0) is 6.54 Å². The van der Waals surface area contributed by atoms with Gasteiger partial charge in [0.2, 0.25) is 6.79 Å². The van der Waals surface area contributed by atoms with E-state index < -0.39 is 0 Å². The molecule has 130 valence electrons. The van der Waals surface area contributed by atoms with E-state index in [4.69, 9.17) is 9.47 Å². The van der Waals surface area contributed by atoms with Crippen LogP contribution in [0, 0.1) is 6.92 Å². The van der Waals surface area contributed by atoms with Crippen LogP contribution in [0.25, 0.3) is 0 Å². The van der Waals surface area contributed by atoms with Crippen LogP contribution in [-0.4, -0.2) is 43.8 Å². The fraction of sp³-hybridized carbons (Fsp3) is 0.350. The fourth-order valence-electron chi connectivity index (χ4n) is 3.50. The molecule has 0 aliphatic carbocycles. The molecule has 0 atom stereocenters. The van der Waals surface area contributed by atoms with Crippen molar-refractivity contribution in [2.75, 3.05) is 33.0 Å². The fourth-order valence-corrected chi connectivity index (χ4v) is 3.50. The van der Waals surface area contributed by atoms with Crippen molar-refractivity contribution in [2.45, 2.75) is 13.5 Å². The van der Waals surface area contributed by atoms with E-state index in [1.807, 2.05) is 42.2 Å². The lowest BCUT2D eigenvalue weighted by molar-refractivity contribution is -0.917. The van der Waals surface area contributed by atoms with Crippen molar-refractivity contribution in [3.63, 3.8) is 0 Å². The smallest absolute Gasteiger partial charge is 0.254 e. The molecule has 0 radical (unpaired) electrons. The van der Waals surface area contributed by atoms with Gasteiger partial charge in [-0.25, -0.2) is 0 Å². The first-order valence-electron chi connectivity index (χ1n) is 8.77. The number of ether oxygens (including phenoxy) is 2. The second-order valence-corrected chi connectivity index (χ2v) is 6.78. The van der Waals surface area contributed by atoms with Gasteiger partial charge in [-0.15, -0.1) is 0 Å². The number of amides is 1. The summed E-state index contributed by atoms with van der Waals surface area (Å²) in [7, 11) is 0. The first-order chi connectivity index (χ1) is 12.2. The van der Waals surface area contributed by atoms with Crippen LogP contribution in [0.4, 0.5) is 0 Å². The molecule has 4 rings (SSSR count). The van der Waals surface area contributed by atoms with Gasteiger partial charge in [-0.2, -0.15) is 0 Å². The average Bonchev–Trinajstić information content (AvgIpc) is 3.09. The molecule has 0 aromatic heterocycles. The molecule has 5 heteroatoms. The van der Waals surface area contributed by atoms with E-state index in [9.17, 15) is 4.79 Å². The monoisotopic (exact) mass is 339 g/mol. The minimum absolute atomic E-state index is 0.144. The van der Waals surface area contributed by atoms with Crippen molar-refractivity contribution in [3.8, 4) is 11.5 Å². The molecule has 25 heavy (non-hydrogen) atoms. The number of aryl methyl sites for hydroxylation is 1. The molecule has 2 aliphatic heterocycles. The number of benzene rings is 2. The maximum Gasteiger partial charge on any atom is 0.254 e. The minimum atomic E-state index is 0.144. The van der Waals surface area contributed by atoms with Crippen molar-refractivity contribution in [1.82, 2.24) is 4.90 Å². The number of carbonyl (C=O) groups is 1. The molecule has 0 unspecified atom stereocenters. The van der Waals surface area contributed by atoms with E-state index in [0.29, 0.717) is 6.79 Å².